The van der Waals surface area contributed by atoms with Crippen LogP contribution in [0.25, 0.3) is 0 Å². The maximum Gasteiger partial charge on any atom is 0.191 e. The molecule has 0 amide bonds. The van der Waals surface area contributed by atoms with Gasteiger partial charge in [0.05, 0.1) is 6.10 Å². The highest BCUT2D eigenvalue weighted by Gasteiger charge is 2.32. The Bertz CT molecular complexity index is 649. The molecule has 180 valence electrons. The van der Waals surface area contributed by atoms with E-state index in [-0.39, 0.29) is 11.9 Å². The van der Waals surface area contributed by atoms with Crippen molar-refractivity contribution in [3.63, 3.8) is 0 Å². The van der Waals surface area contributed by atoms with Crippen LogP contribution < -0.4 is 4.74 Å². The van der Waals surface area contributed by atoms with Crippen LogP contribution in [0, 0.1) is 35.3 Å². The smallest absolute Gasteiger partial charge is 0.191 e. The topological polar surface area (TPSA) is 9.23 Å². The molecule has 0 bridgehead atoms. The summed E-state index contributed by atoms with van der Waals surface area (Å²) in [5.74, 6) is 3.30. The molecule has 1 unspecified atom stereocenters. The molecule has 0 saturated heterocycles. The Labute approximate surface area is 195 Å². The molecule has 0 aliphatic heterocycles. The fourth-order valence-corrected chi connectivity index (χ4v) is 5.81. The maximum atomic E-state index is 14.8. The van der Waals surface area contributed by atoms with Crippen LogP contribution in [0.2, 0.25) is 0 Å². The molecule has 3 rings (SSSR count). The van der Waals surface area contributed by atoms with E-state index in [1.807, 2.05) is 6.92 Å². The van der Waals surface area contributed by atoms with Crippen molar-refractivity contribution in [3.05, 3.63) is 41.2 Å². The third-order valence-corrected chi connectivity index (χ3v) is 7.80. The highest BCUT2D eigenvalue weighted by Crippen LogP contribution is 2.45. The van der Waals surface area contributed by atoms with Gasteiger partial charge in [0.1, 0.15) is 0 Å². The van der Waals surface area contributed by atoms with E-state index in [1.165, 1.54) is 69.4 Å². The van der Waals surface area contributed by atoms with Crippen molar-refractivity contribution in [2.75, 3.05) is 0 Å². The van der Waals surface area contributed by atoms with E-state index >= 15 is 0 Å². The summed E-state index contributed by atoms with van der Waals surface area (Å²) in [5.41, 5.74) is 0.734. The average Bonchev–Trinajstić information content (AvgIpc) is 2.80. The van der Waals surface area contributed by atoms with Crippen molar-refractivity contribution < 1.29 is 13.5 Å². The first-order chi connectivity index (χ1) is 15.5. The number of benzene rings is 1. The molecule has 1 atom stereocenters. The lowest BCUT2D eigenvalue weighted by atomic mass is 9.68. The van der Waals surface area contributed by atoms with Gasteiger partial charge in [0.25, 0.3) is 0 Å². The quantitative estimate of drug-likeness (QED) is 0.308. The predicted molar refractivity (Wildman–Crippen MR) is 130 cm³/mol. The van der Waals surface area contributed by atoms with Gasteiger partial charge in [-0.05, 0) is 107 Å². The monoisotopic (exact) mass is 446 g/mol. The lowest BCUT2D eigenvalue weighted by Gasteiger charge is -2.37. The first-order valence-corrected chi connectivity index (χ1v) is 13.4. The molecule has 0 spiro atoms. The van der Waals surface area contributed by atoms with Gasteiger partial charge in [0.15, 0.2) is 17.4 Å². The highest BCUT2D eigenvalue weighted by molar-refractivity contribution is 5.39. The van der Waals surface area contributed by atoms with Crippen LogP contribution in [0.15, 0.2) is 12.1 Å². The van der Waals surface area contributed by atoms with Crippen LogP contribution in [0.5, 0.6) is 5.75 Å². The van der Waals surface area contributed by atoms with E-state index in [4.69, 9.17) is 4.74 Å². The lowest BCUT2D eigenvalue weighted by molar-refractivity contribution is 0.188. The fourth-order valence-electron chi connectivity index (χ4n) is 5.81. The van der Waals surface area contributed by atoms with Crippen LogP contribution >= 0.6 is 0 Å². The summed E-state index contributed by atoms with van der Waals surface area (Å²) in [6.07, 6.45) is 17.4. The number of unbranched alkanes of at least 4 members (excludes halogenated alkanes) is 3. The summed E-state index contributed by atoms with van der Waals surface area (Å²) < 4.78 is 35.2. The molecule has 2 fully saturated rings. The van der Waals surface area contributed by atoms with Crippen LogP contribution in [-0.4, -0.2) is 6.10 Å². The summed E-state index contributed by atoms with van der Waals surface area (Å²) in [4.78, 5) is 0. The van der Waals surface area contributed by atoms with E-state index in [1.54, 1.807) is 5.92 Å². The van der Waals surface area contributed by atoms with Gasteiger partial charge in [0.2, 0.25) is 0 Å². The van der Waals surface area contributed by atoms with Crippen LogP contribution in [0.1, 0.15) is 123 Å². The number of rotatable bonds is 11. The SMILES string of the molecule is CCCCCCC(C)Oc1c(F)cc([C]2CCC([C]3CCC(CCC)CC3)CC2)cc1F. The molecule has 0 aromatic heterocycles. The molecule has 2 aliphatic rings. The Hall–Kier alpha value is -1.12. The second-order valence-corrected chi connectivity index (χ2v) is 10.3. The summed E-state index contributed by atoms with van der Waals surface area (Å²) in [5, 5.41) is 0. The number of hydrogen-bond donors (Lipinski definition) is 0. The van der Waals surface area contributed by atoms with Crippen molar-refractivity contribution in [2.24, 2.45) is 11.8 Å². The maximum absolute atomic E-state index is 14.8. The molecule has 1 aromatic carbocycles. The normalized spacial score (nSPS) is 20.5. The molecule has 2 saturated carbocycles. The van der Waals surface area contributed by atoms with Crippen molar-refractivity contribution >= 4 is 0 Å². The first-order valence-electron chi connectivity index (χ1n) is 13.4. The minimum absolute atomic E-state index is 0.172. The van der Waals surface area contributed by atoms with E-state index in [9.17, 15) is 8.78 Å². The number of halogens is 2. The third-order valence-electron chi connectivity index (χ3n) is 7.80. The first kappa shape index (κ1) is 25.5. The number of ether oxygens (including phenoxy) is 1. The van der Waals surface area contributed by atoms with Gasteiger partial charge in [-0.2, -0.15) is 0 Å². The predicted octanol–water partition coefficient (Wildman–Crippen LogP) is 9.38. The van der Waals surface area contributed by atoms with Crippen LogP contribution in [-0.2, 0) is 0 Å². The summed E-state index contributed by atoms with van der Waals surface area (Å²) in [7, 11) is 0. The molecule has 1 nitrogen and oxygen atoms in total. The molecular formula is C29H44F2O. The molecule has 2 aliphatic carbocycles. The minimum atomic E-state index is -0.557. The standard InChI is InChI=1S/C29H44F2O/c1-4-6-7-8-10-21(3)32-29-27(30)19-26(20-28(29)31)25-17-15-24(16-18-25)23-13-11-22(9-5-2)12-14-23/h19-22,24H,4-18H2,1-3H3. The van der Waals surface area contributed by atoms with Gasteiger partial charge in [-0.25, -0.2) is 8.78 Å². The fraction of sp³-hybridized carbons (Fsp3) is 0.724. The van der Waals surface area contributed by atoms with Crippen LogP contribution in [0.4, 0.5) is 8.78 Å². The lowest BCUT2D eigenvalue weighted by Crippen LogP contribution is -2.24. The number of hydrogen-bond acceptors (Lipinski definition) is 1. The van der Waals surface area contributed by atoms with Crippen molar-refractivity contribution in [3.8, 4) is 5.75 Å². The third kappa shape index (κ3) is 7.19. The molecule has 0 heterocycles. The molecule has 1 aromatic rings. The largest absolute Gasteiger partial charge is 0.485 e. The van der Waals surface area contributed by atoms with Crippen molar-refractivity contribution in [1.29, 1.82) is 0 Å². The molecule has 2 radical (unpaired) electrons. The summed E-state index contributed by atoms with van der Waals surface area (Å²) >= 11 is 0. The van der Waals surface area contributed by atoms with Gasteiger partial charge in [0, 0.05) is 5.92 Å². The van der Waals surface area contributed by atoms with Gasteiger partial charge in [-0.15, -0.1) is 0 Å². The Morgan fingerprint density at radius 1 is 0.875 bits per heavy atom. The Morgan fingerprint density at radius 2 is 1.53 bits per heavy atom. The Balaban J connectivity index is 1.49. The average molecular weight is 447 g/mol. The zero-order chi connectivity index (χ0) is 22.9. The molecule has 0 N–H and O–H groups in total. The second kappa shape index (κ2) is 12.9. The van der Waals surface area contributed by atoms with E-state index in [2.05, 4.69) is 13.8 Å². The Morgan fingerprint density at radius 3 is 2.12 bits per heavy atom. The second-order valence-electron chi connectivity index (χ2n) is 10.3. The summed E-state index contributed by atoms with van der Waals surface area (Å²) in [6.45, 7) is 6.37. The molecule has 32 heavy (non-hydrogen) atoms. The van der Waals surface area contributed by atoms with Gasteiger partial charge < -0.3 is 4.74 Å². The van der Waals surface area contributed by atoms with Gasteiger partial charge >= 0.3 is 0 Å². The van der Waals surface area contributed by atoms with Gasteiger partial charge in [-0.3, -0.25) is 0 Å². The van der Waals surface area contributed by atoms with E-state index in [0.717, 1.165) is 56.4 Å². The minimum Gasteiger partial charge on any atom is -0.485 e. The highest BCUT2D eigenvalue weighted by atomic mass is 19.1. The Kier molecular flexibility index (Phi) is 10.3. The van der Waals surface area contributed by atoms with Crippen LogP contribution in [0.3, 0.4) is 0 Å². The molecular weight excluding hydrogens is 402 g/mol. The van der Waals surface area contributed by atoms with Crippen molar-refractivity contribution in [1.82, 2.24) is 0 Å². The summed E-state index contributed by atoms with van der Waals surface area (Å²) in [6, 6.07) is 3.00. The van der Waals surface area contributed by atoms with Gasteiger partial charge in [-0.1, -0.05) is 46.0 Å². The van der Waals surface area contributed by atoms with Crippen molar-refractivity contribution in [2.45, 2.75) is 123 Å². The zero-order valence-electron chi connectivity index (χ0n) is 20.7. The van der Waals surface area contributed by atoms with E-state index < -0.39 is 11.6 Å². The molecule has 3 heteroatoms. The van der Waals surface area contributed by atoms with E-state index in [0.29, 0.717) is 5.92 Å². The zero-order valence-corrected chi connectivity index (χ0v) is 20.7.